The van der Waals surface area contributed by atoms with E-state index in [1.165, 1.54) is 12.1 Å². The molecule has 3 aliphatic rings. The summed E-state index contributed by atoms with van der Waals surface area (Å²) in [5.74, 6) is -0.124. The predicted molar refractivity (Wildman–Crippen MR) is 172 cm³/mol. The molecule has 3 atom stereocenters. The monoisotopic (exact) mass is 650 g/mol. The van der Waals surface area contributed by atoms with Gasteiger partial charge in [0.2, 0.25) is 10.0 Å². The number of benzene rings is 2. The fourth-order valence-electron chi connectivity index (χ4n) is 7.63. The molecular weight excluding hydrogens is 608 g/mol. The molecule has 3 fully saturated rings. The van der Waals surface area contributed by atoms with Crippen molar-refractivity contribution < 1.29 is 32.6 Å². The highest BCUT2D eigenvalue weighted by Crippen LogP contribution is 2.65. The van der Waals surface area contributed by atoms with Crippen molar-refractivity contribution in [1.29, 1.82) is 0 Å². The van der Waals surface area contributed by atoms with Crippen molar-refractivity contribution in [2.75, 3.05) is 26.2 Å². The quantitative estimate of drug-likeness (QED) is 0.198. The van der Waals surface area contributed by atoms with Gasteiger partial charge in [0.25, 0.3) is 5.91 Å². The van der Waals surface area contributed by atoms with Gasteiger partial charge in [0.05, 0.1) is 11.5 Å². The zero-order valence-corrected chi connectivity index (χ0v) is 27.0. The molecule has 2 saturated carbocycles. The van der Waals surface area contributed by atoms with Crippen molar-refractivity contribution in [1.82, 2.24) is 20.3 Å². The number of nitrogens with one attached hydrogen (secondary N) is 4. The molecule has 1 saturated heterocycles. The minimum atomic E-state index is -4.22. The van der Waals surface area contributed by atoms with E-state index in [1.807, 2.05) is 18.2 Å². The minimum absolute atomic E-state index is 0.0959. The second-order valence-corrected chi connectivity index (χ2v) is 15.4. The van der Waals surface area contributed by atoms with Crippen molar-refractivity contribution >= 4 is 38.6 Å². The summed E-state index contributed by atoms with van der Waals surface area (Å²) in [4.78, 5) is 40.8. The number of fused-ring (bicyclic) bond motifs is 3. The number of rotatable bonds is 12. The minimum Gasteiger partial charge on any atom is -0.493 e. The summed E-state index contributed by atoms with van der Waals surface area (Å²) >= 11 is 0. The van der Waals surface area contributed by atoms with E-state index in [1.54, 1.807) is 18.2 Å². The first-order valence-corrected chi connectivity index (χ1v) is 17.5. The molecule has 2 heterocycles. The summed E-state index contributed by atoms with van der Waals surface area (Å²) in [6, 6.07) is 11.8. The Hall–Kier alpha value is -3.74. The van der Waals surface area contributed by atoms with Gasteiger partial charge in [-0.15, -0.1) is 0 Å². The summed E-state index contributed by atoms with van der Waals surface area (Å²) in [7, 11) is -4.22. The highest BCUT2D eigenvalue weighted by Gasteiger charge is 2.63. The molecular formula is C34H42N4O7S. The smallest absolute Gasteiger partial charge is 0.323 e. The number of carboxylic acids is 1. The van der Waals surface area contributed by atoms with Gasteiger partial charge in [-0.2, -0.15) is 4.72 Å². The van der Waals surface area contributed by atoms with Crippen molar-refractivity contribution in [3.63, 3.8) is 0 Å². The van der Waals surface area contributed by atoms with E-state index in [0.717, 1.165) is 49.7 Å². The Kier molecular flexibility index (Phi) is 8.73. The van der Waals surface area contributed by atoms with Crippen LogP contribution in [0.25, 0.3) is 10.9 Å². The van der Waals surface area contributed by atoms with Crippen LogP contribution in [-0.4, -0.2) is 68.5 Å². The first kappa shape index (κ1) is 32.2. The second-order valence-electron chi connectivity index (χ2n) is 13.6. The number of carboxylic acid groups (broad SMARTS) is 1. The number of Topliss-reactive ketones (excluding diaryl/α,β-unsaturated/α-hetero) is 1. The number of sulfonamides is 1. The Morgan fingerprint density at radius 1 is 1.07 bits per heavy atom. The number of ether oxygens (including phenoxy) is 1. The molecule has 2 bridgehead atoms. The molecule has 2 aliphatic carbocycles. The molecule has 1 aliphatic heterocycles. The number of aliphatic carboxylic acids is 1. The molecule has 0 spiro atoms. The molecule has 246 valence electrons. The zero-order chi connectivity index (χ0) is 32.7. The van der Waals surface area contributed by atoms with Gasteiger partial charge in [-0.05, 0) is 104 Å². The lowest BCUT2D eigenvalue weighted by molar-refractivity contribution is -0.138. The van der Waals surface area contributed by atoms with Gasteiger partial charge in [-0.3, -0.25) is 14.4 Å². The molecule has 2 aromatic carbocycles. The van der Waals surface area contributed by atoms with Crippen LogP contribution in [0.3, 0.4) is 0 Å². The lowest BCUT2D eigenvalue weighted by Crippen LogP contribution is -2.48. The van der Waals surface area contributed by atoms with E-state index in [2.05, 4.69) is 34.2 Å². The van der Waals surface area contributed by atoms with Crippen LogP contribution in [-0.2, 0) is 26.0 Å². The zero-order valence-electron chi connectivity index (χ0n) is 26.2. The Balaban J connectivity index is 1.06. The van der Waals surface area contributed by atoms with Crippen LogP contribution in [0.5, 0.6) is 5.75 Å². The number of aromatic amines is 1. The maximum absolute atomic E-state index is 13.1. The number of H-pyrrole nitrogens is 1. The number of hydrogen-bond acceptors (Lipinski definition) is 7. The van der Waals surface area contributed by atoms with E-state index in [-0.39, 0.29) is 21.8 Å². The molecule has 1 amide bonds. The number of aromatic nitrogens is 1. The number of carbonyl (C=O) groups excluding carboxylic acids is 2. The molecule has 0 radical (unpaired) electrons. The van der Waals surface area contributed by atoms with Crippen LogP contribution in [0, 0.1) is 22.7 Å². The largest absolute Gasteiger partial charge is 0.493 e. The van der Waals surface area contributed by atoms with Crippen LogP contribution in [0.2, 0.25) is 0 Å². The average molecular weight is 651 g/mol. The van der Waals surface area contributed by atoms with Gasteiger partial charge in [0.15, 0.2) is 0 Å². The van der Waals surface area contributed by atoms with Gasteiger partial charge in [-0.1, -0.05) is 26.0 Å². The fourth-order valence-corrected chi connectivity index (χ4v) is 8.82. The highest BCUT2D eigenvalue weighted by molar-refractivity contribution is 7.89. The second kappa shape index (κ2) is 12.5. The topological polar surface area (TPSA) is 167 Å². The van der Waals surface area contributed by atoms with Crippen LogP contribution in [0.1, 0.15) is 62.0 Å². The van der Waals surface area contributed by atoms with Gasteiger partial charge in [0, 0.05) is 29.3 Å². The van der Waals surface area contributed by atoms with Gasteiger partial charge >= 0.3 is 5.97 Å². The summed E-state index contributed by atoms with van der Waals surface area (Å²) in [5.41, 5.74) is 1.25. The molecule has 12 heteroatoms. The molecule has 3 aromatic rings. The standard InChI is InChI=1S/C34H42N4O7S/c1-33(2)24-9-12-34(33,30(39)17-24)18-21-3-6-26(7-4-21)46(43,44)38-29(32(41)42)19-36-31(40)28-16-23-15-25(5-8-27(23)37-28)45-20-22-10-13-35-14-11-22/h3-8,15-16,22,24,29,35,37-38H,9-14,17-20H2,1-2H3,(H,36,40)(H,41,42)/t24?,29-,34?/m0/s1. The third-order valence-corrected chi connectivity index (χ3v) is 12.2. The average Bonchev–Trinajstić information content (AvgIpc) is 3.62. The lowest BCUT2D eigenvalue weighted by atomic mass is 9.66. The third-order valence-electron chi connectivity index (χ3n) is 10.7. The fraction of sp³-hybridized carbons (Fsp3) is 0.500. The summed E-state index contributed by atoms with van der Waals surface area (Å²) in [5, 5.41) is 16.4. The van der Waals surface area contributed by atoms with E-state index in [0.29, 0.717) is 42.6 Å². The maximum Gasteiger partial charge on any atom is 0.323 e. The number of ketones is 1. The number of piperidine rings is 1. The molecule has 2 unspecified atom stereocenters. The lowest BCUT2D eigenvalue weighted by Gasteiger charge is -2.36. The number of amides is 1. The Morgan fingerprint density at radius 2 is 1.80 bits per heavy atom. The molecule has 46 heavy (non-hydrogen) atoms. The SMILES string of the molecule is CC1(C)C2CCC1(Cc1ccc(S(=O)(=O)N[C@@H](CNC(=O)c3cc4cc(OCC5CCNCC5)ccc4[nH]3)C(=O)O)cc1)C(=O)C2. The van der Waals surface area contributed by atoms with Gasteiger partial charge in [-0.25, -0.2) is 8.42 Å². The van der Waals surface area contributed by atoms with Crippen molar-refractivity contribution in [3.05, 3.63) is 59.8 Å². The molecule has 6 rings (SSSR count). The van der Waals surface area contributed by atoms with E-state index < -0.39 is 39.9 Å². The maximum atomic E-state index is 13.1. The normalized spacial score (nSPS) is 23.4. The van der Waals surface area contributed by atoms with Crippen LogP contribution >= 0.6 is 0 Å². The van der Waals surface area contributed by atoms with Crippen molar-refractivity contribution in [2.45, 2.75) is 63.3 Å². The Bertz CT molecular complexity index is 1740. The van der Waals surface area contributed by atoms with E-state index in [4.69, 9.17) is 4.74 Å². The number of carbonyl (C=O) groups is 3. The molecule has 11 nitrogen and oxygen atoms in total. The van der Waals surface area contributed by atoms with Crippen molar-refractivity contribution in [3.8, 4) is 5.75 Å². The van der Waals surface area contributed by atoms with E-state index in [9.17, 15) is 27.9 Å². The summed E-state index contributed by atoms with van der Waals surface area (Å²) in [6.07, 6.45) is 5.15. The highest BCUT2D eigenvalue weighted by atomic mass is 32.2. The predicted octanol–water partition coefficient (Wildman–Crippen LogP) is 3.65. The third kappa shape index (κ3) is 6.17. The van der Waals surface area contributed by atoms with Gasteiger partial charge < -0.3 is 25.5 Å². The summed E-state index contributed by atoms with van der Waals surface area (Å²) < 4.78 is 34.5. The Morgan fingerprint density at radius 3 is 2.46 bits per heavy atom. The molecule has 5 N–H and O–H groups in total. The van der Waals surface area contributed by atoms with Crippen LogP contribution in [0.15, 0.2) is 53.4 Å². The number of hydrogen-bond donors (Lipinski definition) is 5. The van der Waals surface area contributed by atoms with E-state index >= 15 is 0 Å². The van der Waals surface area contributed by atoms with Crippen LogP contribution in [0.4, 0.5) is 0 Å². The first-order valence-electron chi connectivity index (χ1n) is 16.0. The Labute approximate surface area is 268 Å². The molecule has 1 aromatic heterocycles. The first-order chi connectivity index (χ1) is 21.9. The van der Waals surface area contributed by atoms with Crippen molar-refractivity contribution in [2.24, 2.45) is 22.7 Å². The van der Waals surface area contributed by atoms with Crippen LogP contribution < -0.4 is 20.1 Å². The van der Waals surface area contributed by atoms with Gasteiger partial charge in [0.1, 0.15) is 23.3 Å². The summed E-state index contributed by atoms with van der Waals surface area (Å²) in [6.45, 7) is 6.45.